The van der Waals surface area contributed by atoms with E-state index in [1.54, 1.807) is 0 Å². The van der Waals surface area contributed by atoms with Gasteiger partial charge < -0.3 is 10.0 Å². The van der Waals surface area contributed by atoms with E-state index in [1.165, 1.54) is 12.8 Å². The van der Waals surface area contributed by atoms with Crippen molar-refractivity contribution < 1.29 is 9.90 Å². The lowest BCUT2D eigenvalue weighted by molar-refractivity contribution is -0.140. The summed E-state index contributed by atoms with van der Waals surface area (Å²) in [6.07, 6.45) is 5.10. The van der Waals surface area contributed by atoms with Crippen molar-refractivity contribution in [1.29, 1.82) is 0 Å². The Hall–Kier alpha value is -0.570. The van der Waals surface area contributed by atoms with Crippen LogP contribution in [0.15, 0.2) is 0 Å². The third-order valence-electron chi connectivity index (χ3n) is 5.09. The number of amides is 1. The molecule has 1 saturated carbocycles. The maximum atomic E-state index is 12.6. The lowest BCUT2D eigenvalue weighted by Crippen LogP contribution is -2.45. The fourth-order valence-electron chi connectivity index (χ4n) is 3.61. The predicted octanol–water partition coefficient (Wildman–Crippen LogP) is 2.43. The molecular formula is C15H27NO2. The molecule has 2 unspecified atom stereocenters. The van der Waals surface area contributed by atoms with Gasteiger partial charge in [-0.3, -0.25) is 4.79 Å². The number of aliphatic hydroxyl groups is 1. The van der Waals surface area contributed by atoms with Crippen molar-refractivity contribution in [3.8, 4) is 0 Å². The van der Waals surface area contributed by atoms with Gasteiger partial charge in [0.25, 0.3) is 0 Å². The Morgan fingerprint density at radius 1 is 1.28 bits per heavy atom. The van der Waals surface area contributed by atoms with Crippen LogP contribution in [0.3, 0.4) is 0 Å². The zero-order valence-corrected chi connectivity index (χ0v) is 12.0. The number of carbonyl (C=O) groups is 1. The van der Waals surface area contributed by atoms with Gasteiger partial charge in [0.15, 0.2) is 0 Å². The van der Waals surface area contributed by atoms with E-state index in [1.807, 2.05) is 11.8 Å². The number of piperidine rings is 1. The van der Waals surface area contributed by atoms with Crippen LogP contribution in [0.2, 0.25) is 0 Å². The van der Waals surface area contributed by atoms with Crippen LogP contribution in [0.5, 0.6) is 0 Å². The van der Waals surface area contributed by atoms with Gasteiger partial charge in [-0.25, -0.2) is 0 Å². The number of likely N-dealkylation sites (tertiary alicyclic amines) is 1. The van der Waals surface area contributed by atoms with Crippen LogP contribution in [0.4, 0.5) is 0 Å². The minimum absolute atomic E-state index is 0.179. The summed E-state index contributed by atoms with van der Waals surface area (Å²) < 4.78 is 0. The van der Waals surface area contributed by atoms with E-state index in [0.717, 1.165) is 32.4 Å². The van der Waals surface area contributed by atoms with Gasteiger partial charge in [-0.1, -0.05) is 20.3 Å². The second kappa shape index (κ2) is 5.20. The molecule has 1 aliphatic heterocycles. The summed E-state index contributed by atoms with van der Waals surface area (Å²) >= 11 is 0. The summed E-state index contributed by atoms with van der Waals surface area (Å²) in [6.45, 7) is 7.99. The lowest BCUT2D eigenvalue weighted by atomic mass is 9.80. The zero-order valence-electron chi connectivity index (χ0n) is 12.0. The Morgan fingerprint density at radius 3 is 2.33 bits per heavy atom. The van der Waals surface area contributed by atoms with Crippen LogP contribution in [0.25, 0.3) is 0 Å². The van der Waals surface area contributed by atoms with Gasteiger partial charge in [0.05, 0.1) is 6.10 Å². The fraction of sp³-hybridized carbons (Fsp3) is 0.933. The quantitative estimate of drug-likeness (QED) is 0.821. The molecule has 2 fully saturated rings. The molecule has 0 spiro atoms. The highest BCUT2D eigenvalue weighted by Crippen LogP contribution is 2.43. The average Bonchev–Trinajstić information content (AvgIpc) is 2.68. The molecule has 18 heavy (non-hydrogen) atoms. The predicted molar refractivity (Wildman–Crippen MR) is 72.1 cm³/mol. The van der Waals surface area contributed by atoms with Crippen molar-refractivity contribution >= 4 is 5.91 Å². The minimum Gasteiger partial charge on any atom is -0.393 e. The summed E-state index contributed by atoms with van der Waals surface area (Å²) in [5, 5.41) is 9.59. The molecule has 0 aromatic heterocycles. The summed E-state index contributed by atoms with van der Waals surface area (Å²) in [7, 11) is 0. The van der Waals surface area contributed by atoms with E-state index < -0.39 is 0 Å². The van der Waals surface area contributed by atoms with E-state index >= 15 is 0 Å². The molecule has 1 N–H and O–H groups in total. The van der Waals surface area contributed by atoms with Crippen molar-refractivity contribution in [2.75, 3.05) is 13.1 Å². The summed E-state index contributed by atoms with van der Waals surface area (Å²) in [5.74, 6) is 0.966. The van der Waals surface area contributed by atoms with E-state index in [-0.39, 0.29) is 17.4 Å². The molecule has 2 aliphatic rings. The van der Waals surface area contributed by atoms with Crippen LogP contribution in [0, 0.1) is 17.3 Å². The van der Waals surface area contributed by atoms with Crippen LogP contribution in [0.1, 0.15) is 52.9 Å². The molecule has 1 aliphatic carbocycles. The highest BCUT2D eigenvalue weighted by atomic mass is 16.3. The molecule has 1 saturated heterocycles. The third-order valence-corrected chi connectivity index (χ3v) is 5.09. The Balaban J connectivity index is 1.92. The van der Waals surface area contributed by atoms with Crippen LogP contribution >= 0.6 is 0 Å². The average molecular weight is 253 g/mol. The highest BCUT2D eigenvalue weighted by Gasteiger charge is 2.41. The van der Waals surface area contributed by atoms with Crippen LogP contribution < -0.4 is 0 Å². The second-order valence-corrected chi connectivity index (χ2v) is 6.84. The standard InChI is InChI=1S/C15H27NO2/c1-11(17)12-6-9-16(10-7-12)14(18)13-5-4-8-15(13,2)3/h11-13,17H,4-10H2,1-3H3. The molecule has 104 valence electrons. The number of hydrogen-bond acceptors (Lipinski definition) is 2. The molecule has 0 aromatic rings. The van der Waals surface area contributed by atoms with E-state index in [9.17, 15) is 9.90 Å². The number of nitrogens with zero attached hydrogens (tertiary/aromatic N) is 1. The first-order valence-corrected chi connectivity index (χ1v) is 7.38. The molecule has 1 heterocycles. The van der Waals surface area contributed by atoms with Crippen LogP contribution in [-0.4, -0.2) is 35.1 Å². The fourth-order valence-corrected chi connectivity index (χ4v) is 3.61. The summed E-state index contributed by atoms with van der Waals surface area (Å²) in [6, 6.07) is 0. The summed E-state index contributed by atoms with van der Waals surface area (Å²) in [4.78, 5) is 14.6. The molecule has 0 aromatic carbocycles. The number of rotatable bonds is 2. The second-order valence-electron chi connectivity index (χ2n) is 6.84. The summed E-state index contributed by atoms with van der Waals surface area (Å²) in [5.41, 5.74) is 0.179. The van der Waals surface area contributed by atoms with E-state index in [4.69, 9.17) is 0 Å². The van der Waals surface area contributed by atoms with E-state index in [2.05, 4.69) is 13.8 Å². The van der Waals surface area contributed by atoms with Gasteiger partial charge in [0, 0.05) is 19.0 Å². The third kappa shape index (κ3) is 2.71. The van der Waals surface area contributed by atoms with Gasteiger partial charge in [-0.2, -0.15) is 0 Å². The first kappa shape index (κ1) is 13.9. The van der Waals surface area contributed by atoms with Crippen molar-refractivity contribution in [3.05, 3.63) is 0 Å². The Morgan fingerprint density at radius 2 is 1.89 bits per heavy atom. The first-order valence-electron chi connectivity index (χ1n) is 7.38. The first-order chi connectivity index (χ1) is 8.42. The maximum Gasteiger partial charge on any atom is 0.226 e. The molecule has 3 nitrogen and oxygen atoms in total. The smallest absolute Gasteiger partial charge is 0.226 e. The van der Waals surface area contributed by atoms with Crippen molar-refractivity contribution in [3.63, 3.8) is 0 Å². The number of carbonyl (C=O) groups excluding carboxylic acids is 1. The van der Waals surface area contributed by atoms with Crippen LogP contribution in [-0.2, 0) is 4.79 Å². The molecule has 3 heteroatoms. The topological polar surface area (TPSA) is 40.5 Å². The largest absolute Gasteiger partial charge is 0.393 e. The Bertz CT molecular complexity index is 304. The number of hydrogen-bond donors (Lipinski definition) is 1. The van der Waals surface area contributed by atoms with Crippen molar-refractivity contribution in [1.82, 2.24) is 4.90 Å². The van der Waals surface area contributed by atoms with Gasteiger partial charge in [-0.05, 0) is 43.9 Å². The highest BCUT2D eigenvalue weighted by molar-refractivity contribution is 5.80. The Labute approximate surface area is 111 Å². The molecule has 0 radical (unpaired) electrons. The maximum absolute atomic E-state index is 12.6. The molecular weight excluding hydrogens is 226 g/mol. The monoisotopic (exact) mass is 253 g/mol. The molecule has 1 amide bonds. The SMILES string of the molecule is CC(O)C1CCN(C(=O)C2CCCC2(C)C)CC1. The lowest BCUT2D eigenvalue weighted by Gasteiger charge is -2.37. The zero-order chi connectivity index (χ0) is 13.3. The Kier molecular flexibility index (Phi) is 4.00. The van der Waals surface area contributed by atoms with E-state index in [0.29, 0.717) is 11.8 Å². The van der Waals surface area contributed by atoms with Gasteiger partial charge in [-0.15, -0.1) is 0 Å². The number of aliphatic hydroxyl groups excluding tert-OH is 1. The minimum atomic E-state index is -0.231. The molecule has 2 rings (SSSR count). The molecule has 0 bridgehead atoms. The van der Waals surface area contributed by atoms with Gasteiger partial charge >= 0.3 is 0 Å². The van der Waals surface area contributed by atoms with Gasteiger partial charge in [0.2, 0.25) is 5.91 Å². The molecule has 2 atom stereocenters. The normalized spacial score (nSPS) is 30.4. The van der Waals surface area contributed by atoms with Gasteiger partial charge in [0.1, 0.15) is 0 Å². The van der Waals surface area contributed by atoms with Crippen molar-refractivity contribution in [2.45, 2.75) is 59.0 Å². The van der Waals surface area contributed by atoms with Crippen molar-refractivity contribution in [2.24, 2.45) is 17.3 Å².